The van der Waals surface area contributed by atoms with E-state index in [4.69, 9.17) is 5.11 Å². The van der Waals surface area contributed by atoms with Gasteiger partial charge in [0.05, 0.1) is 5.56 Å². The fraction of sp³-hybridized carbons (Fsp3) is 0.273. The smallest absolute Gasteiger partial charge is 0.335 e. The molecule has 1 aromatic rings. The van der Waals surface area contributed by atoms with Gasteiger partial charge in [-0.05, 0) is 12.1 Å². The van der Waals surface area contributed by atoms with Crippen molar-refractivity contribution in [1.29, 1.82) is 0 Å². The maximum absolute atomic E-state index is 10.2. The summed E-state index contributed by atoms with van der Waals surface area (Å²) in [5.41, 5.74) is 0.331. The van der Waals surface area contributed by atoms with E-state index in [9.17, 15) is 4.79 Å². The zero-order chi connectivity index (χ0) is 10.1. The van der Waals surface area contributed by atoms with Crippen LogP contribution in [-0.2, 0) is 21.7 Å². The Bertz CT molecular complexity index is 232. The van der Waals surface area contributed by atoms with Gasteiger partial charge in [0.25, 0.3) is 0 Å². The summed E-state index contributed by atoms with van der Waals surface area (Å²) in [6.07, 6.45) is 2.28. The van der Waals surface area contributed by atoms with E-state index in [1.807, 2.05) is 0 Å². The second kappa shape index (κ2) is 10.5. The van der Waals surface area contributed by atoms with Crippen molar-refractivity contribution < 1.29 is 31.6 Å². The number of carboxylic acid groups (broad SMARTS) is 1. The van der Waals surface area contributed by atoms with E-state index >= 15 is 0 Å². The zero-order valence-corrected chi connectivity index (χ0v) is 9.93. The van der Waals surface area contributed by atoms with Gasteiger partial charge in [0.1, 0.15) is 0 Å². The average molecular weight is 227 g/mol. The summed E-state index contributed by atoms with van der Waals surface area (Å²) in [5, 5.41) is 8.38. The fourth-order valence-corrected chi connectivity index (χ4v) is 0.581. The Morgan fingerprint density at radius 2 is 1.79 bits per heavy atom. The molecule has 0 saturated heterocycles. The first kappa shape index (κ1) is 15.9. The predicted octanol–water partition coefficient (Wildman–Crippen LogP) is 3.00. The van der Waals surface area contributed by atoms with Crippen molar-refractivity contribution in [3.05, 3.63) is 42.8 Å². The molecule has 0 aromatic heterocycles. The van der Waals surface area contributed by atoms with Gasteiger partial charge in [0, 0.05) is 21.7 Å². The maximum atomic E-state index is 10.2. The quantitative estimate of drug-likeness (QED) is 0.622. The monoisotopic (exact) mass is 227 g/mol. The molecule has 0 heterocycles. The normalized spacial score (nSPS) is 7.86. The molecule has 0 bridgehead atoms. The van der Waals surface area contributed by atoms with Crippen LogP contribution in [0.25, 0.3) is 0 Å². The van der Waals surface area contributed by atoms with E-state index in [0.29, 0.717) is 5.56 Å². The first-order chi connectivity index (χ1) is 6.22. The molecule has 0 fully saturated rings. The molecule has 0 saturated carbocycles. The molecule has 76 valence electrons. The summed E-state index contributed by atoms with van der Waals surface area (Å²) in [7, 11) is 0. The van der Waals surface area contributed by atoms with Gasteiger partial charge in [-0.3, -0.25) is 0 Å². The second-order valence-electron chi connectivity index (χ2n) is 2.52. The van der Waals surface area contributed by atoms with Gasteiger partial charge in [0.15, 0.2) is 0 Å². The zero-order valence-electron chi connectivity index (χ0n) is 8.36. The Balaban J connectivity index is 0. The number of aromatic carboxylic acids is 1. The molecule has 1 rings (SSSR count). The van der Waals surface area contributed by atoms with Crippen LogP contribution in [0.5, 0.6) is 0 Å². The SMILES string of the molecule is O=C(O)c1ccccc1.[CH2-]CCC.[Ti]. The minimum atomic E-state index is -0.879. The second-order valence-corrected chi connectivity index (χ2v) is 2.52. The van der Waals surface area contributed by atoms with E-state index < -0.39 is 5.97 Å². The number of carboxylic acids is 1. The van der Waals surface area contributed by atoms with Gasteiger partial charge in [-0.25, -0.2) is 4.79 Å². The maximum Gasteiger partial charge on any atom is 0.335 e. The third-order valence-electron chi connectivity index (χ3n) is 1.37. The molecule has 1 aromatic carbocycles. The number of rotatable bonds is 2. The Hall–Kier alpha value is -0.596. The standard InChI is InChI=1S/C7H6O2.C4H9.Ti/c8-7(9)6-4-2-1-3-5-6;1-3-4-2;/h1-5H,(H,8,9);1,3-4H2,2H3;/q;-1;. The third kappa shape index (κ3) is 8.02. The van der Waals surface area contributed by atoms with Crippen LogP contribution in [0.3, 0.4) is 0 Å². The average Bonchev–Trinajstić information content (AvgIpc) is 2.19. The summed E-state index contributed by atoms with van der Waals surface area (Å²) >= 11 is 0. The van der Waals surface area contributed by atoms with Gasteiger partial charge < -0.3 is 12.0 Å². The number of unbranched alkanes of at least 4 members (excludes halogenated alkanes) is 1. The van der Waals surface area contributed by atoms with E-state index in [0.717, 1.165) is 6.42 Å². The van der Waals surface area contributed by atoms with Crippen molar-refractivity contribution in [3.63, 3.8) is 0 Å². The first-order valence-corrected chi connectivity index (χ1v) is 4.30. The van der Waals surface area contributed by atoms with Crippen LogP contribution in [0.15, 0.2) is 30.3 Å². The Kier molecular flexibility index (Phi) is 11.9. The fourth-order valence-electron chi connectivity index (χ4n) is 0.581. The van der Waals surface area contributed by atoms with Crippen LogP contribution in [0.4, 0.5) is 0 Å². The van der Waals surface area contributed by atoms with E-state index in [-0.39, 0.29) is 21.7 Å². The Labute approximate surface area is 100 Å². The van der Waals surface area contributed by atoms with Crippen molar-refractivity contribution in [3.8, 4) is 0 Å². The van der Waals surface area contributed by atoms with Crippen LogP contribution in [-0.4, -0.2) is 11.1 Å². The molecule has 0 aliphatic rings. The largest absolute Gasteiger partial charge is 0.478 e. The van der Waals surface area contributed by atoms with Gasteiger partial charge >= 0.3 is 5.97 Å². The summed E-state index contributed by atoms with van der Waals surface area (Å²) in [6.45, 7) is 5.72. The van der Waals surface area contributed by atoms with Crippen molar-refractivity contribution >= 4 is 5.97 Å². The van der Waals surface area contributed by atoms with Crippen molar-refractivity contribution in [2.45, 2.75) is 19.8 Å². The molecule has 0 radical (unpaired) electrons. The molecule has 1 N–H and O–H groups in total. The molecular weight excluding hydrogens is 212 g/mol. The minimum absolute atomic E-state index is 0. The number of carbonyl (C=O) groups is 1. The van der Waals surface area contributed by atoms with Gasteiger partial charge in [0.2, 0.25) is 0 Å². The molecule has 2 nitrogen and oxygen atoms in total. The third-order valence-corrected chi connectivity index (χ3v) is 1.37. The summed E-state index contributed by atoms with van der Waals surface area (Å²) in [5.74, 6) is -0.879. The summed E-state index contributed by atoms with van der Waals surface area (Å²) in [4.78, 5) is 10.2. The molecule has 0 unspecified atom stereocenters. The number of benzene rings is 1. The Morgan fingerprint density at radius 1 is 1.36 bits per heavy atom. The molecule has 0 atom stereocenters. The molecule has 3 heteroatoms. The van der Waals surface area contributed by atoms with Crippen LogP contribution < -0.4 is 0 Å². The molecule has 0 aliphatic carbocycles. The predicted molar refractivity (Wildman–Crippen MR) is 53.7 cm³/mol. The Morgan fingerprint density at radius 3 is 2.00 bits per heavy atom. The van der Waals surface area contributed by atoms with Crippen molar-refractivity contribution in [2.24, 2.45) is 0 Å². The number of hydrogen-bond donors (Lipinski definition) is 1. The molecular formula is C11H15O2Ti-. The summed E-state index contributed by atoms with van der Waals surface area (Å²) < 4.78 is 0. The summed E-state index contributed by atoms with van der Waals surface area (Å²) in [6, 6.07) is 8.30. The van der Waals surface area contributed by atoms with Crippen LogP contribution in [0.2, 0.25) is 0 Å². The molecule has 0 aliphatic heterocycles. The van der Waals surface area contributed by atoms with Gasteiger partial charge in [-0.15, -0.1) is 0 Å². The van der Waals surface area contributed by atoms with Gasteiger partial charge in [-0.2, -0.15) is 6.42 Å². The van der Waals surface area contributed by atoms with E-state index in [2.05, 4.69) is 13.8 Å². The van der Waals surface area contributed by atoms with E-state index in [1.54, 1.807) is 30.3 Å². The molecule has 0 amide bonds. The van der Waals surface area contributed by atoms with Crippen molar-refractivity contribution in [2.75, 3.05) is 0 Å². The van der Waals surface area contributed by atoms with Crippen molar-refractivity contribution in [1.82, 2.24) is 0 Å². The minimum Gasteiger partial charge on any atom is -0.478 e. The number of hydrogen-bond acceptors (Lipinski definition) is 1. The van der Waals surface area contributed by atoms with Gasteiger partial charge in [-0.1, -0.05) is 31.5 Å². The van der Waals surface area contributed by atoms with Crippen LogP contribution >= 0.6 is 0 Å². The first-order valence-electron chi connectivity index (χ1n) is 4.30. The van der Waals surface area contributed by atoms with E-state index in [1.165, 1.54) is 6.42 Å². The van der Waals surface area contributed by atoms with Crippen LogP contribution in [0.1, 0.15) is 30.1 Å². The molecule has 14 heavy (non-hydrogen) atoms. The van der Waals surface area contributed by atoms with Crippen LogP contribution in [0, 0.1) is 6.92 Å². The topological polar surface area (TPSA) is 37.3 Å². The molecule has 0 spiro atoms.